The number of anilines is 2. The molecule has 1 aromatic rings. The van der Waals surface area contributed by atoms with Gasteiger partial charge in [-0.2, -0.15) is 0 Å². The second-order valence-electron chi connectivity index (χ2n) is 4.87. The van der Waals surface area contributed by atoms with Crippen molar-refractivity contribution < 1.29 is 18.3 Å². The van der Waals surface area contributed by atoms with E-state index in [-0.39, 0.29) is 29.3 Å². The number of hydrogen-bond acceptors (Lipinski definition) is 6. The Bertz CT molecular complexity index is 590. The van der Waals surface area contributed by atoms with Crippen LogP contribution in [0.2, 0.25) is 0 Å². The number of hydrogen-bond donors (Lipinski definition) is 3. The van der Waals surface area contributed by atoms with Crippen molar-refractivity contribution in [3.8, 4) is 0 Å². The van der Waals surface area contributed by atoms with Gasteiger partial charge >= 0.3 is 0 Å². The topological polar surface area (TPSA) is 119 Å². The summed E-state index contributed by atoms with van der Waals surface area (Å²) < 4.78 is 28.5. The van der Waals surface area contributed by atoms with E-state index in [4.69, 9.17) is 15.6 Å². The van der Waals surface area contributed by atoms with Gasteiger partial charge in [0.1, 0.15) is 4.90 Å². The average Bonchev–Trinajstić information content (AvgIpc) is 2.38. The molecule has 112 valence electrons. The molecule has 1 saturated heterocycles. The number of rotatable bonds is 3. The first-order chi connectivity index (χ1) is 9.34. The number of para-hydroxylation sites is 1. The van der Waals surface area contributed by atoms with Crippen molar-refractivity contribution in [1.29, 1.82) is 0 Å². The number of morpholine rings is 1. The first-order valence-corrected chi connectivity index (χ1v) is 7.79. The van der Waals surface area contributed by atoms with Crippen LogP contribution in [0.1, 0.15) is 6.92 Å². The quantitative estimate of drug-likeness (QED) is 0.648. The molecule has 1 aliphatic rings. The molecule has 1 heterocycles. The molecule has 2 unspecified atom stereocenters. The van der Waals surface area contributed by atoms with Gasteiger partial charge in [0.25, 0.3) is 0 Å². The van der Waals surface area contributed by atoms with E-state index in [1.807, 2.05) is 11.8 Å². The maximum Gasteiger partial charge on any atom is 0.240 e. The lowest BCUT2D eigenvalue weighted by Crippen LogP contribution is -2.49. The van der Waals surface area contributed by atoms with E-state index in [9.17, 15) is 13.5 Å². The monoisotopic (exact) mass is 301 g/mol. The summed E-state index contributed by atoms with van der Waals surface area (Å²) in [6, 6.07) is 4.74. The van der Waals surface area contributed by atoms with Gasteiger partial charge in [-0.3, -0.25) is 0 Å². The molecule has 1 aliphatic heterocycles. The first kappa shape index (κ1) is 15.0. The lowest BCUT2D eigenvalue weighted by Gasteiger charge is -2.39. The molecule has 0 spiro atoms. The first-order valence-electron chi connectivity index (χ1n) is 6.25. The number of primary sulfonamides is 1. The molecule has 0 bridgehead atoms. The Balaban J connectivity index is 2.42. The van der Waals surface area contributed by atoms with E-state index in [1.165, 1.54) is 6.07 Å². The van der Waals surface area contributed by atoms with E-state index in [1.54, 1.807) is 12.1 Å². The average molecular weight is 301 g/mol. The summed E-state index contributed by atoms with van der Waals surface area (Å²) in [7, 11) is -3.86. The Kier molecular flexibility index (Phi) is 4.19. The molecule has 2 atom stereocenters. The molecule has 0 amide bonds. The summed E-state index contributed by atoms with van der Waals surface area (Å²) in [5.41, 5.74) is 6.66. The summed E-state index contributed by atoms with van der Waals surface area (Å²) in [5, 5.41) is 14.3. The zero-order valence-corrected chi connectivity index (χ0v) is 12.0. The third-order valence-electron chi connectivity index (χ3n) is 3.37. The molecule has 20 heavy (non-hydrogen) atoms. The predicted molar refractivity (Wildman–Crippen MR) is 75.9 cm³/mol. The second kappa shape index (κ2) is 5.57. The summed E-state index contributed by atoms with van der Waals surface area (Å²) in [6.07, 6.45) is -0.316. The summed E-state index contributed by atoms with van der Waals surface area (Å²) in [5.74, 6) is 0. The number of ether oxygens (including phenoxy) is 1. The van der Waals surface area contributed by atoms with Gasteiger partial charge in [0.15, 0.2) is 0 Å². The zero-order chi connectivity index (χ0) is 14.9. The Morgan fingerprint density at radius 3 is 2.80 bits per heavy atom. The third kappa shape index (κ3) is 2.88. The molecule has 8 heteroatoms. The molecule has 0 saturated carbocycles. The molecule has 0 aromatic heterocycles. The number of nitrogens with two attached hydrogens (primary N) is 2. The van der Waals surface area contributed by atoms with Crippen molar-refractivity contribution in [3.63, 3.8) is 0 Å². The van der Waals surface area contributed by atoms with Gasteiger partial charge in [0, 0.05) is 12.6 Å². The van der Waals surface area contributed by atoms with Crippen molar-refractivity contribution in [2.75, 3.05) is 30.4 Å². The van der Waals surface area contributed by atoms with Crippen LogP contribution in [0, 0.1) is 0 Å². The predicted octanol–water partition coefficient (Wildman–Crippen LogP) is -0.498. The molecular weight excluding hydrogens is 282 g/mol. The van der Waals surface area contributed by atoms with Crippen LogP contribution in [0.3, 0.4) is 0 Å². The van der Waals surface area contributed by atoms with E-state index in [2.05, 4.69) is 0 Å². The van der Waals surface area contributed by atoms with Crippen LogP contribution in [-0.4, -0.2) is 45.4 Å². The normalized spacial score (nSPS) is 23.9. The molecule has 0 radical (unpaired) electrons. The molecule has 1 fully saturated rings. The minimum Gasteiger partial charge on any atom is -0.396 e. The van der Waals surface area contributed by atoms with E-state index < -0.39 is 10.0 Å². The highest BCUT2D eigenvalue weighted by atomic mass is 32.2. The number of sulfonamides is 1. The van der Waals surface area contributed by atoms with Crippen molar-refractivity contribution in [3.05, 3.63) is 18.2 Å². The number of benzene rings is 1. The van der Waals surface area contributed by atoms with Crippen molar-refractivity contribution in [2.45, 2.75) is 24.0 Å². The Morgan fingerprint density at radius 1 is 1.50 bits per heavy atom. The minimum absolute atomic E-state index is 0.0239. The Hall–Kier alpha value is -1.35. The zero-order valence-electron chi connectivity index (χ0n) is 11.2. The van der Waals surface area contributed by atoms with Crippen molar-refractivity contribution in [1.82, 2.24) is 0 Å². The van der Waals surface area contributed by atoms with E-state index in [0.29, 0.717) is 18.8 Å². The smallest absolute Gasteiger partial charge is 0.240 e. The van der Waals surface area contributed by atoms with Crippen LogP contribution in [-0.2, 0) is 14.8 Å². The fourth-order valence-corrected chi connectivity index (χ4v) is 2.97. The highest BCUT2D eigenvalue weighted by Gasteiger charge is 2.28. The number of aliphatic hydroxyl groups is 1. The number of nitrogen functional groups attached to an aromatic ring is 1. The number of nitrogens with zero attached hydrogens (tertiary/aromatic N) is 1. The highest BCUT2D eigenvalue weighted by molar-refractivity contribution is 7.89. The van der Waals surface area contributed by atoms with Crippen LogP contribution in [0.15, 0.2) is 23.1 Å². The van der Waals surface area contributed by atoms with E-state index in [0.717, 1.165) is 0 Å². The maximum absolute atomic E-state index is 11.5. The summed E-state index contributed by atoms with van der Waals surface area (Å²) in [4.78, 5) is 1.84. The van der Waals surface area contributed by atoms with Crippen LogP contribution in [0.4, 0.5) is 11.4 Å². The number of aliphatic hydroxyl groups excluding tert-OH is 1. The van der Waals surface area contributed by atoms with Crippen molar-refractivity contribution in [2.24, 2.45) is 5.14 Å². The largest absolute Gasteiger partial charge is 0.396 e. The second-order valence-corrected chi connectivity index (χ2v) is 6.40. The molecule has 5 N–H and O–H groups in total. The van der Waals surface area contributed by atoms with Crippen LogP contribution in [0.5, 0.6) is 0 Å². The summed E-state index contributed by atoms with van der Waals surface area (Å²) >= 11 is 0. The van der Waals surface area contributed by atoms with Gasteiger partial charge in [-0.05, 0) is 19.1 Å². The SMILES string of the molecule is CC1COC(CO)CN1c1cccc(S(N)(=O)=O)c1N. The molecule has 1 aromatic carbocycles. The van der Waals surface area contributed by atoms with Gasteiger partial charge in [0.05, 0.1) is 30.7 Å². The molecule has 2 rings (SSSR count). The maximum atomic E-state index is 11.5. The van der Waals surface area contributed by atoms with Gasteiger partial charge in [-0.15, -0.1) is 0 Å². The third-order valence-corrected chi connectivity index (χ3v) is 4.34. The fraction of sp³-hybridized carbons (Fsp3) is 0.500. The van der Waals surface area contributed by atoms with E-state index >= 15 is 0 Å². The van der Waals surface area contributed by atoms with Crippen LogP contribution in [0.25, 0.3) is 0 Å². The summed E-state index contributed by atoms with van der Waals surface area (Å²) in [6.45, 7) is 2.72. The van der Waals surface area contributed by atoms with Crippen molar-refractivity contribution >= 4 is 21.4 Å². The van der Waals surface area contributed by atoms with Gasteiger partial charge in [0.2, 0.25) is 10.0 Å². The Labute approximate surface area is 118 Å². The lowest BCUT2D eigenvalue weighted by molar-refractivity contribution is -0.0102. The van der Waals surface area contributed by atoms with Gasteiger partial charge < -0.3 is 20.5 Å². The fourth-order valence-electron chi connectivity index (χ4n) is 2.29. The van der Waals surface area contributed by atoms with Gasteiger partial charge in [-0.1, -0.05) is 6.07 Å². The molecular formula is C12H19N3O4S. The lowest BCUT2D eigenvalue weighted by atomic mass is 10.1. The molecule has 7 nitrogen and oxygen atoms in total. The van der Waals surface area contributed by atoms with Gasteiger partial charge in [-0.25, -0.2) is 13.6 Å². The molecule has 0 aliphatic carbocycles. The van der Waals surface area contributed by atoms with Crippen LogP contribution >= 0.6 is 0 Å². The highest BCUT2D eigenvalue weighted by Crippen LogP contribution is 2.32. The minimum atomic E-state index is -3.86. The standard InChI is InChI=1S/C12H19N3O4S/c1-8-7-19-9(6-16)5-15(8)10-3-2-4-11(12(10)13)20(14,17)18/h2-4,8-9,16H,5-7,13H2,1H3,(H2,14,17,18). The Morgan fingerprint density at radius 2 is 2.20 bits per heavy atom. The van der Waals surface area contributed by atoms with Crippen LogP contribution < -0.4 is 15.8 Å².